The third-order valence-corrected chi connectivity index (χ3v) is 5.75. The van der Waals surface area contributed by atoms with Crippen LogP contribution in [0.25, 0.3) is 0 Å². The number of β-amino-alcohol motifs (C(OH)–C–C–N with tert-alkyl or cyclic N) is 1. The molecule has 0 saturated carbocycles. The average Bonchev–Trinajstić information content (AvgIpc) is 3.14. The number of piperidine rings is 1. The van der Waals surface area contributed by atoms with Crippen molar-refractivity contribution in [3.05, 3.63) is 34.9 Å². The van der Waals surface area contributed by atoms with Gasteiger partial charge in [-0.05, 0) is 30.0 Å². The van der Waals surface area contributed by atoms with E-state index in [0.717, 1.165) is 11.1 Å². The minimum Gasteiger partial charge on any atom is -0.392 e. The summed E-state index contributed by atoms with van der Waals surface area (Å²) in [4.78, 5) is 39.9. The molecule has 2 saturated heterocycles. The summed E-state index contributed by atoms with van der Waals surface area (Å²) in [5.74, 6) is -0.850. The Labute approximate surface area is 157 Å². The molecule has 1 unspecified atom stereocenters. The molecule has 3 heterocycles. The summed E-state index contributed by atoms with van der Waals surface area (Å²) in [6, 6.07) is 5.29. The number of fused-ring (bicyclic) bond motifs is 1. The van der Waals surface area contributed by atoms with Gasteiger partial charge in [0, 0.05) is 44.2 Å². The number of carbonyl (C=O) groups excluding carboxylic acids is 3. The van der Waals surface area contributed by atoms with Crippen LogP contribution in [0, 0.1) is 0 Å². The zero-order valence-corrected chi connectivity index (χ0v) is 15.1. The third-order valence-electron chi connectivity index (χ3n) is 5.75. The maximum absolute atomic E-state index is 12.7. The fourth-order valence-electron chi connectivity index (χ4n) is 4.36. The highest BCUT2D eigenvalue weighted by molar-refractivity contribution is 6.05. The normalized spacial score (nSPS) is 28.6. The summed E-state index contributed by atoms with van der Waals surface area (Å²) in [5, 5.41) is 12.2. The molecule has 1 aromatic rings. The number of likely N-dealkylation sites (tertiary alicyclic amines) is 1. The van der Waals surface area contributed by atoms with Crippen molar-refractivity contribution >= 4 is 17.7 Å². The number of aliphatic hydroxyl groups excluding tert-OH is 1. The number of benzene rings is 1. The van der Waals surface area contributed by atoms with Crippen molar-refractivity contribution in [3.8, 4) is 0 Å². The monoisotopic (exact) mass is 372 g/mol. The highest BCUT2D eigenvalue weighted by Gasteiger charge is 2.39. The van der Waals surface area contributed by atoms with Crippen LogP contribution < -0.4 is 11.1 Å². The second-order valence-corrected chi connectivity index (χ2v) is 7.60. The van der Waals surface area contributed by atoms with E-state index in [4.69, 9.17) is 5.73 Å². The molecule has 0 bridgehead atoms. The average molecular weight is 372 g/mol. The minimum absolute atomic E-state index is 0.162. The fourth-order valence-corrected chi connectivity index (χ4v) is 4.36. The Morgan fingerprint density at radius 3 is 2.81 bits per heavy atom. The molecule has 3 atom stereocenters. The molecule has 3 amide bonds. The predicted octanol–water partition coefficient (Wildman–Crippen LogP) is -0.658. The SMILES string of the molecule is NC[C@@H]1C[C@H](O)CN1Cc1ccc2c(c1)CN(C1CCC(=O)NC1=O)C2=O. The highest BCUT2D eigenvalue weighted by atomic mass is 16.3. The van der Waals surface area contributed by atoms with E-state index in [1.807, 2.05) is 18.2 Å². The number of hydrogen-bond donors (Lipinski definition) is 3. The number of imide groups is 1. The van der Waals surface area contributed by atoms with Crippen LogP contribution in [0.3, 0.4) is 0 Å². The van der Waals surface area contributed by atoms with Crippen LogP contribution in [0.4, 0.5) is 0 Å². The Kier molecular flexibility index (Phi) is 4.71. The van der Waals surface area contributed by atoms with Crippen molar-refractivity contribution in [1.82, 2.24) is 15.1 Å². The Bertz CT molecular complexity index is 796. The van der Waals surface area contributed by atoms with Crippen LogP contribution in [-0.4, -0.2) is 63.9 Å². The van der Waals surface area contributed by atoms with E-state index in [-0.39, 0.29) is 30.4 Å². The Hall–Kier alpha value is -2.29. The van der Waals surface area contributed by atoms with Gasteiger partial charge in [0.1, 0.15) is 6.04 Å². The molecular weight excluding hydrogens is 348 g/mol. The van der Waals surface area contributed by atoms with Crippen LogP contribution in [0.2, 0.25) is 0 Å². The summed E-state index contributed by atoms with van der Waals surface area (Å²) in [7, 11) is 0. The van der Waals surface area contributed by atoms with Crippen molar-refractivity contribution in [1.29, 1.82) is 0 Å². The topological polar surface area (TPSA) is 116 Å². The molecule has 3 aliphatic rings. The van der Waals surface area contributed by atoms with Gasteiger partial charge in [-0.15, -0.1) is 0 Å². The number of hydrogen-bond acceptors (Lipinski definition) is 6. The molecule has 8 heteroatoms. The first-order chi connectivity index (χ1) is 13.0. The molecule has 8 nitrogen and oxygen atoms in total. The van der Waals surface area contributed by atoms with Gasteiger partial charge in [0.05, 0.1) is 6.10 Å². The van der Waals surface area contributed by atoms with Crippen LogP contribution in [0.1, 0.15) is 40.7 Å². The molecule has 144 valence electrons. The maximum Gasteiger partial charge on any atom is 0.255 e. The maximum atomic E-state index is 12.7. The van der Waals surface area contributed by atoms with E-state index in [0.29, 0.717) is 44.6 Å². The number of amides is 3. The number of nitrogens with zero attached hydrogens (tertiary/aromatic N) is 2. The molecule has 0 aliphatic carbocycles. The van der Waals surface area contributed by atoms with Gasteiger partial charge < -0.3 is 15.7 Å². The van der Waals surface area contributed by atoms with Gasteiger partial charge in [-0.25, -0.2) is 0 Å². The zero-order valence-electron chi connectivity index (χ0n) is 15.1. The van der Waals surface area contributed by atoms with Gasteiger partial charge in [-0.2, -0.15) is 0 Å². The van der Waals surface area contributed by atoms with E-state index < -0.39 is 11.9 Å². The number of nitrogens with one attached hydrogen (secondary N) is 1. The van der Waals surface area contributed by atoms with Gasteiger partial charge in [-0.3, -0.25) is 24.6 Å². The molecular formula is C19H24N4O4. The predicted molar refractivity (Wildman–Crippen MR) is 96.4 cm³/mol. The van der Waals surface area contributed by atoms with E-state index >= 15 is 0 Å². The van der Waals surface area contributed by atoms with Crippen molar-refractivity contribution in [3.63, 3.8) is 0 Å². The van der Waals surface area contributed by atoms with Gasteiger partial charge in [-0.1, -0.05) is 12.1 Å². The van der Waals surface area contributed by atoms with Gasteiger partial charge in [0.2, 0.25) is 11.8 Å². The Morgan fingerprint density at radius 1 is 1.26 bits per heavy atom. The summed E-state index contributed by atoms with van der Waals surface area (Å²) >= 11 is 0. The molecule has 4 N–H and O–H groups in total. The smallest absolute Gasteiger partial charge is 0.255 e. The van der Waals surface area contributed by atoms with Crippen LogP contribution in [0.5, 0.6) is 0 Å². The molecule has 1 aromatic carbocycles. The number of aliphatic hydroxyl groups is 1. The van der Waals surface area contributed by atoms with E-state index in [1.54, 1.807) is 4.90 Å². The molecule has 0 spiro atoms. The second kappa shape index (κ2) is 7.03. The summed E-state index contributed by atoms with van der Waals surface area (Å²) in [6.45, 7) is 2.14. The molecule has 0 radical (unpaired) electrons. The standard InChI is InChI=1S/C19H24N4O4/c20-7-13-6-14(24)10-22(13)8-11-1-2-15-12(5-11)9-23(19(15)27)16-3-4-17(25)21-18(16)26/h1-2,5,13-14,16,24H,3-4,6-10,20H2,(H,21,25,26)/t13-,14-,16?/m0/s1. The lowest BCUT2D eigenvalue weighted by Crippen LogP contribution is -2.52. The minimum atomic E-state index is -0.596. The van der Waals surface area contributed by atoms with Crippen LogP contribution >= 0.6 is 0 Å². The number of rotatable bonds is 4. The zero-order chi connectivity index (χ0) is 19.1. The van der Waals surface area contributed by atoms with Gasteiger partial charge >= 0.3 is 0 Å². The molecule has 0 aromatic heterocycles. The van der Waals surface area contributed by atoms with Crippen LogP contribution in [-0.2, 0) is 22.7 Å². The molecule has 2 fully saturated rings. The lowest BCUT2D eigenvalue weighted by atomic mass is 10.0. The Morgan fingerprint density at radius 2 is 2.07 bits per heavy atom. The van der Waals surface area contributed by atoms with E-state index in [2.05, 4.69) is 10.2 Å². The first-order valence-electron chi connectivity index (χ1n) is 9.35. The summed E-state index contributed by atoms with van der Waals surface area (Å²) in [6.07, 6.45) is 0.946. The first-order valence-corrected chi connectivity index (χ1v) is 9.35. The largest absolute Gasteiger partial charge is 0.392 e. The summed E-state index contributed by atoms with van der Waals surface area (Å²) < 4.78 is 0. The Balaban J connectivity index is 1.49. The second-order valence-electron chi connectivity index (χ2n) is 7.60. The molecule has 27 heavy (non-hydrogen) atoms. The molecule has 3 aliphatic heterocycles. The first kappa shape index (κ1) is 18.1. The lowest BCUT2D eigenvalue weighted by molar-refractivity contribution is -0.136. The number of nitrogens with two attached hydrogens (primary N) is 1. The number of carbonyl (C=O) groups is 3. The third kappa shape index (κ3) is 3.36. The van der Waals surface area contributed by atoms with Crippen molar-refractivity contribution < 1.29 is 19.5 Å². The summed E-state index contributed by atoms with van der Waals surface area (Å²) in [5.41, 5.74) is 8.37. The van der Waals surface area contributed by atoms with Gasteiger partial charge in [0.15, 0.2) is 0 Å². The van der Waals surface area contributed by atoms with E-state index in [9.17, 15) is 19.5 Å². The van der Waals surface area contributed by atoms with Crippen molar-refractivity contribution in [2.24, 2.45) is 5.73 Å². The fraction of sp³-hybridized carbons (Fsp3) is 0.526. The van der Waals surface area contributed by atoms with Crippen molar-refractivity contribution in [2.75, 3.05) is 13.1 Å². The highest BCUT2D eigenvalue weighted by Crippen LogP contribution is 2.29. The van der Waals surface area contributed by atoms with Gasteiger partial charge in [0.25, 0.3) is 5.91 Å². The quantitative estimate of drug-likeness (QED) is 0.605. The van der Waals surface area contributed by atoms with Crippen LogP contribution in [0.15, 0.2) is 18.2 Å². The molecule has 4 rings (SSSR count). The van der Waals surface area contributed by atoms with E-state index in [1.165, 1.54) is 0 Å². The lowest BCUT2D eigenvalue weighted by Gasteiger charge is -2.29. The van der Waals surface area contributed by atoms with Crippen molar-refractivity contribution in [2.45, 2.75) is 50.5 Å².